The molecule has 0 amide bonds. The van der Waals surface area contributed by atoms with E-state index >= 15 is 0 Å². The van der Waals surface area contributed by atoms with Gasteiger partial charge in [0, 0.05) is 23.3 Å². The lowest BCUT2D eigenvalue weighted by Crippen LogP contribution is -2.25. The Morgan fingerprint density at radius 1 is 1.24 bits per heavy atom. The van der Waals surface area contributed by atoms with Gasteiger partial charge in [0.05, 0.1) is 24.0 Å². The summed E-state index contributed by atoms with van der Waals surface area (Å²) in [6.45, 7) is 0.822. The molecule has 2 aromatic rings. The lowest BCUT2D eigenvalue weighted by molar-refractivity contribution is 0.0676. The topological polar surface area (TPSA) is 89.2 Å². The van der Waals surface area contributed by atoms with E-state index in [-0.39, 0.29) is 11.6 Å². The van der Waals surface area contributed by atoms with E-state index in [9.17, 15) is 0 Å². The van der Waals surface area contributed by atoms with Gasteiger partial charge in [-0.05, 0) is 29.6 Å². The van der Waals surface area contributed by atoms with E-state index < -0.39 is 0 Å². The molecule has 8 heteroatoms. The minimum Gasteiger partial charge on any atom is -0.481 e. The summed E-state index contributed by atoms with van der Waals surface area (Å²) >= 11 is 1.71. The predicted octanol–water partition coefficient (Wildman–Crippen LogP) is 4.19. The highest BCUT2D eigenvalue weighted by Gasteiger charge is 2.28. The highest BCUT2D eigenvalue weighted by atomic mass is 32.2. The van der Waals surface area contributed by atoms with Crippen molar-refractivity contribution in [3.63, 3.8) is 0 Å². The molecule has 0 bridgehead atoms. The van der Waals surface area contributed by atoms with Gasteiger partial charge in [0.15, 0.2) is 6.61 Å². The Balaban J connectivity index is 1.50. The van der Waals surface area contributed by atoms with Gasteiger partial charge < -0.3 is 14.3 Å². The minimum atomic E-state index is 0.231. The highest BCUT2D eigenvalue weighted by molar-refractivity contribution is 8.13. The lowest BCUT2D eigenvalue weighted by Gasteiger charge is -2.16. The van der Waals surface area contributed by atoms with Crippen molar-refractivity contribution in [2.24, 2.45) is 16.1 Å². The van der Waals surface area contributed by atoms with E-state index in [0.717, 1.165) is 34.7 Å². The smallest absolute Gasteiger partial charge is 0.276 e. The maximum absolute atomic E-state index is 8.47. The molecule has 0 radical (unpaired) electrons. The number of thioether (sulfide) groups is 1. The van der Waals surface area contributed by atoms with Crippen LogP contribution in [0.3, 0.4) is 0 Å². The molecule has 7 nitrogen and oxygen atoms in total. The second kappa shape index (κ2) is 9.09. The van der Waals surface area contributed by atoms with E-state index in [0.29, 0.717) is 30.8 Å². The molecule has 1 saturated carbocycles. The minimum absolute atomic E-state index is 0.231. The molecule has 4 rings (SSSR count). The van der Waals surface area contributed by atoms with Crippen LogP contribution in [0.4, 0.5) is 5.69 Å². The average Bonchev–Trinajstić information content (AvgIpc) is 3.63. The number of nitrogens with zero attached hydrogens (tertiary/aromatic N) is 3. The number of oxime groups is 1. The SMILES string of the molecule is COc1ccc(N=C(SCc2ccccc2C(=N)C2=NOCCO2)C2CC2)cn1. The molecule has 1 aromatic carbocycles. The van der Waals surface area contributed by atoms with E-state index in [1.54, 1.807) is 25.1 Å². The Morgan fingerprint density at radius 3 is 2.79 bits per heavy atom. The molecule has 1 aliphatic carbocycles. The Labute approximate surface area is 173 Å². The number of aromatic nitrogens is 1. The summed E-state index contributed by atoms with van der Waals surface area (Å²) in [4.78, 5) is 14.1. The van der Waals surface area contributed by atoms with Gasteiger partial charge in [-0.2, -0.15) is 0 Å². The molecule has 1 fully saturated rings. The van der Waals surface area contributed by atoms with Crippen LogP contribution in [0.15, 0.2) is 52.7 Å². The predicted molar refractivity (Wildman–Crippen MR) is 115 cm³/mol. The molecule has 1 N–H and O–H groups in total. The van der Waals surface area contributed by atoms with Crippen molar-refractivity contribution in [1.29, 1.82) is 5.41 Å². The molecule has 1 aliphatic heterocycles. The number of hydrogen-bond acceptors (Lipinski definition) is 8. The average molecular weight is 410 g/mol. The maximum atomic E-state index is 8.47. The van der Waals surface area contributed by atoms with E-state index in [1.807, 2.05) is 36.4 Å². The van der Waals surface area contributed by atoms with Gasteiger partial charge in [-0.1, -0.05) is 24.3 Å². The lowest BCUT2D eigenvalue weighted by atomic mass is 10.0. The third-order valence-electron chi connectivity index (χ3n) is 4.53. The molecule has 0 atom stereocenters. The molecule has 2 aliphatic rings. The highest BCUT2D eigenvalue weighted by Crippen LogP contribution is 2.38. The monoisotopic (exact) mass is 410 g/mol. The molecule has 150 valence electrons. The Kier molecular flexibility index (Phi) is 6.09. The Bertz CT molecular complexity index is 939. The van der Waals surface area contributed by atoms with Crippen molar-refractivity contribution >= 4 is 34.1 Å². The second-order valence-corrected chi connectivity index (χ2v) is 7.68. The third-order valence-corrected chi connectivity index (χ3v) is 5.71. The number of aliphatic imine (C=N–C) groups is 1. The summed E-state index contributed by atoms with van der Waals surface area (Å²) < 4.78 is 10.6. The molecular weight excluding hydrogens is 388 g/mol. The van der Waals surface area contributed by atoms with Crippen LogP contribution in [0.2, 0.25) is 0 Å². The van der Waals surface area contributed by atoms with Gasteiger partial charge in [0.25, 0.3) is 5.90 Å². The summed E-state index contributed by atoms with van der Waals surface area (Å²) in [6.07, 6.45) is 4.05. The maximum Gasteiger partial charge on any atom is 0.276 e. The third kappa shape index (κ3) is 4.95. The number of pyridine rings is 1. The first kappa shape index (κ1) is 19.4. The molecule has 0 spiro atoms. The molecule has 0 unspecified atom stereocenters. The van der Waals surface area contributed by atoms with Crippen LogP contribution >= 0.6 is 11.8 Å². The van der Waals surface area contributed by atoms with Crippen molar-refractivity contribution < 1.29 is 14.3 Å². The van der Waals surface area contributed by atoms with Crippen LogP contribution in [-0.4, -0.2) is 42.0 Å². The van der Waals surface area contributed by atoms with Crippen molar-refractivity contribution in [3.05, 3.63) is 53.7 Å². The van der Waals surface area contributed by atoms with E-state index in [2.05, 4.69) is 10.1 Å². The number of hydrogen-bond donors (Lipinski definition) is 1. The van der Waals surface area contributed by atoms with Crippen LogP contribution in [0.1, 0.15) is 24.0 Å². The largest absolute Gasteiger partial charge is 0.481 e. The van der Waals surface area contributed by atoms with Crippen molar-refractivity contribution in [3.8, 4) is 5.88 Å². The molecule has 1 aromatic heterocycles. The zero-order valence-electron chi connectivity index (χ0n) is 16.1. The summed E-state index contributed by atoms with van der Waals surface area (Å²) in [5.74, 6) is 2.03. The fourth-order valence-corrected chi connectivity index (χ4v) is 4.04. The fourth-order valence-electron chi connectivity index (χ4n) is 2.84. The summed E-state index contributed by atoms with van der Waals surface area (Å²) in [6, 6.07) is 11.6. The quantitative estimate of drug-likeness (QED) is 0.546. The van der Waals surface area contributed by atoms with Crippen LogP contribution in [0.25, 0.3) is 0 Å². The van der Waals surface area contributed by atoms with Crippen LogP contribution in [0.5, 0.6) is 5.88 Å². The number of rotatable bonds is 7. The molecule has 2 heterocycles. The normalized spacial score (nSPS) is 16.4. The number of benzene rings is 1. The number of methoxy groups -OCH3 is 1. The summed E-state index contributed by atoms with van der Waals surface area (Å²) in [7, 11) is 1.60. The van der Waals surface area contributed by atoms with Crippen LogP contribution < -0.4 is 4.74 Å². The van der Waals surface area contributed by atoms with Gasteiger partial charge in [0.1, 0.15) is 12.3 Å². The van der Waals surface area contributed by atoms with Gasteiger partial charge in [-0.25, -0.2) is 9.98 Å². The first-order valence-electron chi connectivity index (χ1n) is 9.46. The van der Waals surface area contributed by atoms with Crippen molar-refractivity contribution in [1.82, 2.24) is 4.98 Å². The van der Waals surface area contributed by atoms with Crippen LogP contribution in [0, 0.1) is 11.3 Å². The van der Waals surface area contributed by atoms with Crippen LogP contribution in [-0.2, 0) is 15.3 Å². The Morgan fingerprint density at radius 2 is 2.10 bits per heavy atom. The van der Waals surface area contributed by atoms with Gasteiger partial charge in [-0.3, -0.25) is 5.41 Å². The zero-order chi connectivity index (χ0) is 20.1. The zero-order valence-corrected chi connectivity index (χ0v) is 16.9. The summed E-state index contributed by atoms with van der Waals surface area (Å²) in [5.41, 5.74) is 2.90. The fraction of sp³-hybridized carbons (Fsp3) is 0.333. The standard InChI is InChI=1S/C21H22N4O3S/c1-26-18-9-8-16(12-23-18)24-21(14-6-7-14)29-13-15-4-2-3-5-17(15)19(22)20-25-28-11-10-27-20/h2-5,8-9,12,14,22H,6-7,10-11,13H2,1H3. The first-order valence-corrected chi connectivity index (χ1v) is 10.4. The van der Waals surface area contributed by atoms with Gasteiger partial charge in [0.2, 0.25) is 5.88 Å². The second-order valence-electron chi connectivity index (χ2n) is 6.68. The van der Waals surface area contributed by atoms with Gasteiger partial charge >= 0.3 is 0 Å². The van der Waals surface area contributed by atoms with Gasteiger partial charge in [-0.15, -0.1) is 11.8 Å². The van der Waals surface area contributed by atoms with Crippen molar-refractivity contribution in [2.75, 3.05) is 20.3 Å². The summed E-state index contributed by atoms with van der Waals surface area (Å²) in [5, 5.41) is 13.4. The van der Waals surface area contributed by atoms with E-state index in [4.69, 9.17) is 24.7 Å². The molecular formula is C21H22N4O3S. The number of ether oxygens (including phenoxy) is 2. The number of nitrogens with one attached hydrogen (secondary N) is 1. The van der Waals surface area contributed by atoms with E-state index in [1.165, 1.54) is 0 Å². The first-order chi connectivity index (χ1) is 14.2. The van der Waals surface area contributed by atoms with Crippen molar-refractivity contribution in [2.45, 2.75) is 18.6 Å². The molecule has 0 saturated heterocycles. The Hall–Kier alpha value is -2.87. The molecule has 29 heavy (non-hydrogen) atoms.